The fourth-order valence-corrected chi connectivity index (χ4v) is 11.2. The van der Waals surface area contributed by atoms with Gasteiger partial charge in [0.25, 0.3) is 0 Å². The largest absolute Gasteiger partial charge is 0.496 e. The highest BCUT2D eigenvalue weighted by Gasteiger charge is 2.28. The first-order valence-corrected chi connectivity index (χ1v) is 31.2. The van der Waals surface area contributed by atoms with Gasteiger partial charge in [0.05, 0.1) is 68.4 Å². The maximum absolute atomic E-state index is 14.4. The molecule has 1 fully saturated rings. The van der Waals surface area contributed by atoms with Crippen molar-refractivity contribution in [2.75, 3.05) is 104 Å². The lowest BCUT2D eigenvalue weighted by Gasteiger charge is -2.34. The summed E-state index contributed by atoms with van der Waals surface area (Å²) in [5.41, 5.74) is 11.4. The van der Waals surface area contributed by atoms with Crippen molar-refractivity contribution in [2.45, 2.75) is 45.6 Å². The SMILES string of the molecule is COc1ccccc1-c1nccc(COc2ccccc2CC(C=O)Oc2ncnc3sc(-c4ccc(F)cc4)c(-c4ccc(OCCN5CCN(C(=O)OCc6ccc(NC(=O)C(C)NC(=O)CNC(=O)COCCOCCOCCN)cc6)CC5)c(Cl)c4C)c23)n1. The lowest BCUT2D eigenvalue weighted by Crippen LogP contribution is -2.49. The number of aromatic nitrogens is 4. The van der Waals surface area contributed by atoms with Gasteiger partial charge in [-0.3, -0.25) is 24.1 Å². The fraction of sp³-hybridized carbons (Fsp3) is 0.328. The quantitative estimate of drug-likeness (QED) is 0.0222. The van der Waals surface area contributed by atoms with Gasteiger partial charge in [-0.15, -0.1) is 11.3 Å². The molecule has 0 saturated carbocycles. The summed E-state index contributed by atoms with van der Waals surface area (Å²) in [4.78, 5) is 87.0. The van der Waals surface area contributed by atoms with Crippen molar-refractivity contribution in [2.24, 2.45) is 5.73 Å². The summed E-state index contributed by atoms with van der Waals surface area (Å²) in [7, 11) is 1.60. The number of thiophene rings is 1. The number of nitrogens with zero attached hydrogens (tertiary/aromatic N) is 6. The van der Waals surface area contributed by atoms with Crippen LogP contribution in [-0.4, -0.2) is 171 Å². The number of halogens is 2. The molecule has 0 spiro atoms. The molecule has 8 aromatic rings. The number of nitrogens with two attached hydrogens (primary N) is 1. The number of piperazine rings is 1. The second-order valence-corrected chi connectivity index (χ2v) is 22.6. The van der Waals surface area contributed by atoms with Gasteiger partial charge in [0.15, 0.2) is 18.2 Å². The molecule has 23 nitrogen and oxygen atoms in total. The summed E-state index contributed by atoms with van der Waals surface area (Å²) >= 11 is 8.55. The van der Waals surface area contributed by atoms with Crippen LogP contribution in [0.2, 0.25) is 5.02 Å². The van der Waals surface area contributed by atoms with Crippen LogP contribution in [0.1, 0.15) is 29.3 Å². The Morgan fingerprint density at radius 1 is 0.774 bits per heavy atom. The van der Waals surface area contributed by atoms with Gasteiger partial charge < -0.3 is 64.5 Å². The van der Waals surface area contributed by atoms with Crippen LogP contribution >= 0.6 is 22.9 Å². The Labute approximate surface area is 546 Å². The van der Waals surface area contributed by atoms with E-state index in [-0.39, 0.29) is 51.9 Å². The zero-order chi connectivity index (χ0) is 65.5. The number of para-hydroxylation sites is 2. The maximum Gasteiger partial charge on any atom is 0.410 e. The monoisotopic (exact) mass is 1310 g/mol. The van der Waals surface area contributed by atoms with Crippen molar-refractivity contribution >= 4 is 68.9 Å². The lowest BCUT2D eigenvalue weighted by molar-refractivity contribution is -0.130. The third kappa shape index (κ3) is 19.2. The number of ether oxygens (including phenoxy) is 8. The number of aldehydes is 1. The highest BCUT2D eigenvalue weighted by atomic mass is 35.5. The summed E-state index contributed by atoms with van der Waals surface area (Å²) in [6, 6.07) is 32.4. The first-order valence-electron chi connectivity index (χ1n) is 30.1. The Kier molecular flexibility index (Phi) is 25.3. The van der Waals surface area contributed by atoms with Crippen LogP contribution in [0.4, 0.5) is 14.9 Å². The molecule has 1 aliphatic heterocycles. The summed E-state index contributed by atoms with van der Waals surface area (Å²) in [5.74, 6) is 0.381. The number of benzene rings is 5. The topological polar surface area (TPSA) is 279 Å². The van der Waals surface area contributed by atoms with Gasteiger partial charge in [-0.2, -0.15) is 0 Å². The van der Waals surface area contributed by atoms with E-state index in [1.807, 2.05) is 61.5 Å². The molecule has 0 bridgehead atoms. The number of nitrogens with one attached hydrogen (secondary N) is 3. The van der Waals surface area contributed by atoms with Crippen molar-refractivity contribution in [1.82, 2.24) is 40.4 Å². The van der Waals surface area contributed by atoms with Gasteiger partial charge in [0.1, 0.15) is 66.7 Å². The minimum Gasteiger partial charge on any atom is -0.496 e. The highest BCUT2D eigenvalue weighted by molar-refractivity contribution is 7.22. The minimum atomic E-state index is -1.01. The molecule has 4 amide bonds. The standard InChI is InChI=1S/C67H72ClFN10O13S/c1-43-52(59-60-65(73-42-74-66(60)93-62(59)46-14-16-48(69)17-15-46)92-51(38-80)36-47-8-4-6-10-54(47)90-40-50-22-24-71-63(76-50)53-9-5-7-11-55(53)85-3)20-21-56(61(43)68)89-31-29-78-25-27-79(28-26-78)67(84)91-39-45-12-18-49(19-13-45)77-64(83)44(2)75-57(81)37-72-58(82)41-88-35-34-87-33-32-86-30-23-70/h4-22,24,38,42,44,51H,23,25-37,39-41,70H2,1-3H3,(H,72,82)(H,75,81)(H,77,83). The fourth-order valence-electron chi connectivity index (χ4n) is 9.86. The Bertz CT molecular complexity index is 3820. The van der Waals surface area contributed by atoms with Gasteiger partial charge in [-0.05, 0) is 96.3 Å². The maximum atomic E-state index is 14.4. The molecule has 5 aromatic carbocycles. The van der Waals surface area contributed by atoms with Crippen molar-refractivity contribution in [3.63, 3.8) is 0 Å². The van der Waals surface area contributed by atoms with Gasteiger partial charge in [-0.1, -0.05) is 72.3 Å². The van der Waals surface area contributed by atoms with Crippen molar-refractivity contribution in [3.8, 4) is 56.1 Å². The highest BCUT2D eigenvalue weighted by Crippen LogP contribution is 2.49. The van der Waals surface area contributed by atoms with Crippen molar-refractivity contribution in [1.29, 1.82) is 0 Å². The van der Waals surface area contributed by atoms with Crippen LogP contribution in [-0.2, 0) is 57.8 Å². The van der Waals surface area contributed by atoms with Crippen LogP contribution in [0.15, 0.2) is 128 Å². The van der Waals surface area contributed by atoms with Gasteiger partial charge in [0, 0.05) is 68.0 Å². The second-order valence-electron chi connectivity index (χ2n) is 21.2. The summed E-state index contributed by atoms with van der Waals surface area (Å²) in [6.45, 7) is 7.94. The Morgan fingerprint density at radius 3 is 2.26 bits per heavy atom. The zero-order valence-electron chi connectivity index (χ0n) is 51.6. The molecule has 3 aromatic heterocycles. The third-order valence-electron chi connectivity index (χ3n) is 14.8. The van der Waals surface area contributed by atoms with Crippen LogP contribution < -0.4 is 40.6 Å². The van der Waals surface area contributed by atoms with E-state index >= 15 is 0 Å². The van der Waals surface area contributed by atoms with Crippen LogP contribution in [0.25, 0.3) is 43.2 Å². The molecule has 26 heteroatoms. The number of hydrogen-bond acceptors (Lipinski definition) is 20. The molecule has 488 valence electrons. The summed E-state index contributed by atoms with van der Waals surface area (Å²) in [6.07, 6.45) is 2.45. The van der Waals surface area contributed by atoms with E-state index in [2.05, 4.69) is 35.8 Å². The Morgan fingerprint density at radius 2 is 1.51 bits per heavy atom. The lowest BCUT2D eigenvalue weighted by atomic mass is 9.96. The van der Waals surface area contributed by atoms with Gasteiger partial charge >= 0.3 is 6.09 Å². The molecule has 2 atom stereocenters. The number of carbonyl (C=O) groups is 5. The van der Waals surface area contributed by atoms with E-state index in [1.54, 1.807) is 66.7 Å². The van der Waals surface area contributed by atoms with Crippen molar-refractivity contribution in [3.05, 3.63) is 161 Å². The number of methoxy groups -OCH3 is 1. The zero-order valence-corrected chi connectivity index (χ0v) is 53.2. The molecule has 93 heavy (non-hydrogen) atoms. The predicted octanol–water partition coefficient (Wildman–Crippen LogP) is 8.26. The number of carbonyl (C=O) groups excluding carboxylic acids is 5. The molecule has 5 N–H and O–H groups in total. The van der Waals surface area contributed by atoms with Gasteiger partial charge in [0.2, 0.25) is 23.6 Å². The molecular formula is C67H72ClFN10O13S. The smallest absolute Gasteiger partial charge is 0.410 e. The number of amides is 4. The number of anilines is 1. The molecule has 1 saturated heterocycles. The first kappa shape index (κ1) is 68.2. The first-order chi connectivity index (χ1) is 45.3. The van der Waals surface area contributed by atoms with E-state index in [9.17, 15) is 28.4 Å². The number of rotatable bonds is 33. The average molecular weight is 1310 g/mol. The van der Waals surface area contributed by atoms with E-state index in [1.165, 1.54) is 36.7 Å². The molecular weight excluding hydrogens is 1240 g/mol. The molecule has 1 aliphatic rings. The molecule has 4 heterocycles. The second kappa shape index (κ2) is 34.5. The molecule has 9 rings (SSSR count). The van der Waals surface area contributed by atoms with Crippen molar-refractivity contribution < 1.29 is 66.3 Å². The van der Waals surface area contributed by atoms with Crippen LogP contribution in [0.3, 0.4) is 0 Å². The average Bonchev–Trinajstić information content (AvgIpc) is 1.63. The van der Waals surface area contributed by atoms with E-state index < -0.39 is 41.8 Å². The van der Waals surface area contributed by atoms with E-state index in [0.29, 0.717) is 138 Å². The predicted molar refractivity (Wildman–Crippen MR) is 348 cm³/mol. The Balaban J connectivity index is 0.746. The normalized spacial score (nSPS) is 13.0. The molecule has 2 unspecified atom stereocenters. The summed E-state index contributed by atoms with van der Waals surface area (Å²) in [5, 5.41) is 8.65. The minimum absolute atomic E-state index is 0.00971. The number of hydrogen-bond donors (Lipinski definition) is 4. The van der Waals surface area contributed by atoms with E-state index in [0.717, 1.165) is 27.9 Å². The van der Waals surface area contributed by atoms with Gasteiger partial charge in [-0.25, -0.2) is 29.1 Å². The van der Waals surface area contributed by atoms with E-state index in [4.69, 9.17) is 60.2 Å². The summed E-state index contributed by atoms with van der Waals surface area (Å²) < 4.78 is 60.5. The van der Waals surface area contributed by atoms with Crippen LogP contribution in [0, 0.1) is 12.7 Å². The van der Waals surface area contributed by atoms with Crippen LogP contribution in [0.5, 0.6) is 23.1 Å². The molecule has 0 radical (unpaired) electrons. The molecule has 0 aliphatic carbocycles. The Hall–Kier alpha value is -9.21. The number of fused-ring (bicyclic) bond motifs is 1. The third-order valence-corrected chi connectivity index (χ3v) is 16.4.